The van der Waals surface area contributed by atoms with Crippen LogP contribution in [0.5, 0.6) is 0 Å². The number of aromatic nitrogens is 2. The van der Waals surface area contributed by atoms with Crippen LogP contribution in [0.3, 0.4) is 0 Å². The quantitative estimate of drug-likeness (QED) is 0.878. The lowest BCUT2D eigenvalue weighted by atomic mass is 9.85. The summed E-state index contributed by atoms with van der Waals surface area (Å²) in [5.41, 5.74) is 0.836. The van der Waals surface area contributed by atoms with Gasteiger partial charge in [-0.25, -0.2) is 4.79 Å². The van der Waals surface area contributed by atoms with Crippen LogP contribution in [0.1, 0.15) is 51.3 Å². The lowest BCUT2D eigenvalue weighted by Gasteiger charge is -2.43. The highest BCUT2D eigenvalue weighted by molar-refractivity contribution is 7.15. The standard InChI is InChI=1S/C17H21N3O3S2/c1-2-3-13-18-19-16(25-13)20-7-5-17(6-8-20)14-11(4-9-23-17)10-12(24-14)15(21)22/h10H,2-9H2,1H3,(H,21,22). The van der Waals surface area contributed by atoms with Gasteiger partial charge in [0, 0.05) is 24.4 Å². The minimum Gasteiger partial charge on any atom is -0.477 e. The fourth-order valence-corrected chi connectivity index (χ4v) is 5.89. The molecule has 2 aromatic rings. The Morgan fingerprint density at radius 2 is 2.16 bits per heavy atom. The second-order valence-electron chi connectivity index (χ2n) is 6.58. The van der Waals surface area contributed by atoms with Gasteiger partial charge in [-0.2, -0.15) is 0 Å². The molecule has 1 fully saturated rings. The number of hydrogen-bond donors (Lipinski definition) is 1. The molecule has 1 saturated heterocycles. The molecule has 4 heterocycles. The first-order valence-corrected chi connectivity index (χ1v) is 10.3. The predicted molar refractivity (Wildman–Crippen MR) is 98.0 cm³/mol. The summed E-state index contributed by atoms with van der Waals surface area (Å²) in [5.74, 6) is -0.843. The van der Waals surface area contributed by atoms with E-state index < -0.39 is 5.97 Å². The average Bonchev–Trinajstić information content (AvgIpc) is 3.24. The summed E-state index contributed by atoms with van der Waals surface area (Å²) in [6, 6.07) is 1.83. The summed E-state index contributed by atoms with van der Waals surface area (Å²) in [4.78, 5) is 15.2. The maximum absolute atomic E-state index is 11.3. The average molecular weight is 380 g/mol. The van der Waals surface area contributed by atoms with Crippen molar-refractivity contribution >= 4 is 33.8 Å². The topological polar surface area (TPSA) is 75.5 Å². The van der Waals surface area contributed by atoms with Crippen LogP contribution in [-0.4, -0.2) is 41.0 Å². The maximum Gasteiger partial charge on any atom is 0.345 e. The van der Waals surface area contributed by atoms with Gasteiger partial charge in [-0.15, -0.1) is 21.5 Å². The normalized spacial score (nSPS) is 19.2. The monoisotopic (exact) mass is 379 g/mol. The lowest BCUT2D eigenvalue weighted by Crippen LogP contribution is -2.46. The Morgan fingerprint density at radius 1 is 1.36 bits per heavy atom. The molecule has 134 valence electrons. The Balaban J connectivity index is 1.52. The van der Waals surface area contributed by atoms with Crippen molar-refractivity contribution in [2.45, 2.75) is 44.6 Å². The van der Waals surface area contributed by atoms with Crippen molar-refractivity contribution in [1.82, 2.24) is 10.2 Å². The van der Waals surface area contributed by atoms with Gasteiger partial charge in [-0.3, -0.25) is 0 Å². The number of nitrogens with zero attached hydrogens (tertiary/aromatic N) is 3. The number of fused-ring (bicyclic) bond motifs is 2. The van der Waals surface area contributed by atoms with E-state index in [0.717, 1.165) is 65.8 Å². The van der Waals surface area contributed by atoms with Crippen molar-refractivity contribution < 1.29 is 14.6 Å². The minimum absolute atomic E-state index is 0.320. The van der Waals surface area contributed by atoms with Crippen LogP contribution in [0.15, 0.2) is 6.07 Å². The highest BCUT2D eigenvalue weighted by atomic mass is 32.1. The van der Waals surface area contributed by atoms with Gasteiger partial charge in [-0.1, -0.05) is 18.3 Å². The van der Waals surface area contributed by atoms with Gasteiger partial charge in [0.05, 0.1) is 6.61 Å². The first-order valence-electron chi connectivity index (χ1n) is 8.69. The lowest BCUT2D eigenvalue weighted by molar-refractivity contribution is -0.0735. The van der Waals surface area contributed by atoms with Crippen molar-refractivity contribution in [2.75, 3.05) is 24.6 Å². The van der Waals surface area contributed by atoms with E-state index in [-0.39, 0.29) is 5.60 Å². The molecule has 0 bridgehead atoms. The largest absolute Gasteiger partial charge is 0.477 e. The van der Waals surface area contributed by atoms with E-state index in [0.29, 0.717) is 11.5 Å². The fraction of sp³-hybridized carbons (Fsp3) is 0.588. The van der Waals surface area contributed by atoms with Gasteiger partial charge < -0.3 is 14.7 Å². The molecule has 25 heavy (non-hydrogen) atoms. The molecule has 2 aliphatic rings. The van der Waals surface area contributed by atoms with E-state index >= 15 is 0 Å². The molecule has 0 radical (unpaired) electrons. The van der Waals surface area contributed by atoms with Gasteiger partial charge in [0.2, 0.25) is 5.13 Å². The van der Waals surface area contributed by atoms with Crippen LogP contribution in [0.25, 0.3) is 0 Å². The maximum atomic E-state index is 11.3. The number of anilines is 1. The highest BCUT2D eigenvalue weighted by Crippen LogP contribution is 2.46. The predicted octanol–water partition coefficient (Wildman–Crippen LogP) is 3.32. The third kappa shape index (κ3) is 3.07. The first kappa shape index (κ1) is 16.9. The molecule has 6 nitrogen and oxygen atoms in total. The number of hydrogen-bond acceptors (Lipinski definition) is 7. The van der Waals surface area contributed by atoms with Crippen LogP contribution >= 0.6 is 22.7 Å². The molecule has 2 aliphatic heterocycles. The van der Waals surface area contributed by atoms with Crippen molar-refractivity contribution in [3.05, 3.63) is 26.4 Å². The number of aromatic carboxylic acids is 1. The van der Waals surface area contributed by atoms with Crippen molar-refractivity contribution in [1.29, 1.82) is 0 Å². The van der Waals surface area contributed by atoms with Crippen LogP contribution < -0.4 is 4.90 Å². The molecule has 0 amide bonds. The molecular weight excluding hydrogens is 358 g/mol. The van der Waals surface area contributed by atoms with Gasteiger partial charge in [0.15, 0.2) is 0 Å². The van der Waals surface area contributed by atoms with Crippen molar-refractivity contribution in [3.63, 3.8) is 0 Å². The molecule has 0 saturated carbocycles. The number of carbonyl (C=O) groups is 1. The summed E-state index contributed by atoms with van der Waals surface area (Å²) in [6.07, 6.45) is 4.60. The first-order chi connectivity index (χ1) is 12.1. The van der Waals surface area contributed by atoms with Gasteiger partial charge in [-0.05, 0) is 37.3 Å². The summed E-state index contributed by atoms with van der Waals surface area (Å²) >= 11 is 3.07. The van der Waals surface area contributed by atoms with Crippen molar-refractivity contribution in [2.24, 2.45) is 0 Å². The molecule has 1 spiro atoms. The van der Waals surface area contributed by atoms with Crippen LogP contribution in [0, 0.1) is 0 Å². The van der Waals surface area contributed by atoms with Crippen LogP contribution in [0.2, 0.25) is 0 Å². The summed E-state index contributed by atoms with van der Waals surface area (Å²) in [7, 11) is 0. The second-order valence-corrected chi connectivity index (χ2v) is 8.67. The zero-order valence-electron chi connectivity index (χ0n) is 14.2. The zero-order valence-corrected chi connectivity index (χ0v) is 15.8. The number of ether oxygens (including phenoxy) is 1. The number of aryl methyl sites for hydroxylation is 1. The Hall–Kier alpha value is -1.51. The zero-order chi connectivity index (χ0) is 17.4. The van der Waals surface area contributed by atoms with Gasteiger partial charge in [0.1, 0.15) is 15.5 Å². The Morgan fingerprint density at radius 3 is 2.88 bits per heavy atom. The summed E-state index contributed by atoms with van der Waals surface area (Å²) < 4.78 is 6.21. The van der Waals surface area contributed by atoms with E-state index in [4.69, 9.17) is 4.74 Å². The molecule has 8 heteroatoms. The number of piperidine rings is 1. The van der Waals surface area contributed by atoms with Crippen LogP contribution in [-0.2, 0) is 23.2 Å². The molecule has 0 unspecified atom stereocenters. The molecule has 2 aromatic heterocycles. The fourth-order valence-electron chi connectivity index (χ4n) is 3.65. The number of carboxylic acid groups (broad SMARTS) is 1. The Bertz CT molecular complexity index is 778. The minimum atomic E-state index is -0.843. The third-order valence-electron chi connectivity index (χ3n) is 4.95. The molecule has 4 rings (SSSR count). The number of carboxylic acids is 1. The van der Waals surface area contributed by atoms with Crippen LogP contribution in [0.4, 0.5) is 5.13 Å². The van der Waals surface area contributed by atoms with E-state index in [9.17, 15) is 9.90 Å². The summed E-state index contributed by atoms with van der Waals surface area (Å²) in [5, 5.41) is 20.0. The molecule has 0 aromatic carbocycles. The third-order valence-corrected chi connectivity index (χ3v) is 7.34. The van der Waals surface area contributed by atoms with E-state index in [1.165, 1.54) is 11.3 Å². The Kier molecular flexibility index (Phi) is 4.51. The Labute approximate surface area is 154 Å². The smallest absolute Gasteiger partial charge is 0.345 e. The summed E-state index contributed by atoms with van der Waals surface area (Å²) in [6.45, 7) is 4.54. The molecule has 0 aliphatic carbocycles. The number of rotatable bonds is 4. The number of thiophene rings is 1. The van der Waals surface area contributed by atoms with E-state index in [2.05, 4.69) is 22.0 Å². The highest BCUT2D eigenvalue weighted by Gasteiger charge is 2.43. The molecular formula is C17H21N3O3S2. The van der Waals surface area contributed by atoms with Gasteiger partial charge in [0.25, 0.3) is 0 Å². The SMILES string of the molecule is CCCc1nnc(N2CCC3(CC2)OCCc2cc(C(=O)O)sc23)s1. The molecule has 1 N–H and O–H groups in total. The van der Waals surface area contributed by atoms with E-state index in [1.807, 2.05) is 6.07 Å². The second kappa shape index (κ2) is 6.66. The van der Waals surface area contributed by atoms with Gasteiger partial charge >= 0.3 is 5.97 Å². The van der Waals surface area contributed by atoms with E-state index in [1.54, 1.807) is 11.3 Å². The van der Waals surface area contributed by atoms with Crippen molar-refractivity contribution in [3.8, 4) is 0 Å². The molecule has 0 atom stereocenters.